The van der Waals surface area contributed by atoms with Crippen molar-refractivity contribution >= 4 is 29.3 Å². The fraction of sp³-hybridized carbons (Fsp3) is 0.0952. The van der Waals surface area contributed by atoms with Crippen LogP contribution >= 0.6 is 11.8 Å². The summed E-state index contributed by atoms with van der Waals surface area (Å²) >= 11 is 1.41. The number of aromatic nitrogens is 1. The monoisotopic (exact) mass is 391 g/mol. The summed E-state index contributed by atoms with van der Waals surface area (Å²) < 4.78 is 5.65. The third kappa shape index (κ3) is 3.57. The number of anilines is 1. The van der Waals surface area contributed by atoms with Gasteiger partial charge in [-0.15, -0.1) is 0 Å². The van der Waals surface area contributed by atoms with E-state index in [1.807, 2.05) is 36.4 Å². The van der Waals surface area contributed by atoms with Gasteiger partial charge in [-0.2, -0.15) is 0 Å². The summed E-state index contributed by atoms with van der Waals surface area (Å²) in [6.07, 6.45) is 0.752. The number of primary amides is 1. The average molecular weight is 391 g/mol. The normalized spacial score (nSPS) is 15.4. The van der Waals surface area contributed by atoms with E-state index in [-0.39, 0.29) is 12.5 Å². The largest absolute Gasteiger partial charge is 0.477 e. The van der Waals surface area contributed by atoms with E-state index in [4.69, 9.17) is 10.5 Å². The van der Waals surface area contributed by atoms with Gasteiger partial charge in [0.25, 0.3) is 11.8 Å². The summed E-state index contributed by atoms with van der Waals surface area (Å²) in [5, 5.41) is 0.596. The highest BCUT2D eigenvalue weighted by Gasteiger charge is 2.34. The van der Waals surface area contributed by atoms with Gasteiger partial charge < -0.3 is 15.4 Å². The van der Waals surface area contributed by atoms with Crippen molar-refractivity contribution in [1.29, 1.82) is 0 Å². The Bertz CT molecular complexity index is 1030. The minimum atomic E-state index is -0.902. The van der Waals surface area contributed by atoms with Crippen molar-refractivity contribution < 1.29 is 14.3 Å². The minimum absolute atomic E-state index is 0.0511. The maximum atomic E-state index is 13.4. The van der Waals surface area contributed by atoms with Crippen molar-refractivity contribution in [3.05, 3.63) is 78.5 Å². The first-order chi connectivity index (χ1) is 13.6. The molecule has 28 heavy (non-hydrogen) atoms. The molecule has 0 saturated carbocycles. The van der Waals surface area contributed by atoms with E-state index < -0.39 is 12.0 Å². The van der Waals surface area contributed by atoms with E-state index in [0.29, 0.717) is 22.0 Å². The van der Waals surface area contributed by atoms with Crippen LogP contribution in [0.5, 0.6) is 5.75 Å². The van der Waals surface area contributed by atoms with Crippen LogP contribution < -0.4 is 15.4 Å². The van der Waals surface area contributed by atoms with E-state index >= 15 is 0 Å². The lowest BCUT2D eigenvalue weighted by molar-refractivity contribution is -0.124. The van der Waals surface area contributed by atoms with Gasteiger partial charge in [0.2, 0.25) is 0 Å². The van der Waals surface area contributed by atoms with Gasteiger partial charge >= 0.3 is 0 Å². The van der Waals surface area contributed by atoms with Crippen molar-refractivity contribution in [3.63, 3.8) is 0 Å². The number of pyridine rings is 1. The maximum Gasteiger partial charge on any atom is 0.261 e. The first-order valence-electron chi connectivity index (χ1n) is 8.68. The molecular formula is C21H17N3O3S. The van der Waals surface area contributed by atoms with Crippen molar-refractivity contribution in [1.82, 2.24) is 4.98 Å². The standard InChI is InChI=1S/C21H17N3O3S/c22-19(25)18-13-24(16-10-4-5-11-17(16)27-18)21(26)15-9-6-12-23-20(15)28-14-7-2-1-3-8-14/h1-12,18H,13H2,(H2,22,25)/t18-/m0/s1. The number of ether oxygens (including phenoxy) is 1. The minimum Gasteiger partial charge on any atom is -0.477 e. The number of amides is 2. The molecular weight excluding hydrogens is 374 g/mol. The number of nitrogens with zero attached hydrogens (tertiary/aromatic N) is 2. The molecule has 0 spiro atoms. The molecule has 4 rings (SSSR count). The number of carbonyl (C=O) groups excluding carboxylic acids is 2. The number of hydrogen-bond donors (Lipinski definition) is 1. The van der Waals surface area contributed by atoms with Crippen LogP contribution in [0.3, 0.4) is 0 Å². The third-order valence-electron chi connectivity index (χ3n) is 4.30. The summed E-state index contributed by atoms with van der Waals surface area (Å²) in [6, 6.07) is 20.3. The van der Waals surface area contributed by atoms with Crippen molar-refractivity contribution in [2.45, 2.75) is 16.0 Å². The summed E-state index contributed by atoms with van der Waals surface area (Å²) in [6.45, 7) is 0.0511. The van der Waals surface area contributed by atoms with E-state index in [0.717, 1.165) is 4.90 Å². The Balaban J connectivity index is 1.71. The van der Waals surface area contributed by atoms with Gasteiger partial charge in [-0.05, 0) is 36.4 Å². The molecule has 0 aliphatic carbocycles. The molecule has 1 atom stereocenters. The highest BCUT2D eigenvalue weighted by atomic mass is 32.2. The van der Waals surface area contributed by atoms with Crippen molar-refractivity contribution in [2.75, 3.05) is 11.4 Å². The SMILES string of the molecule is NC(=O)[C@@H]1CN(C(=O)c2cccnc2Sc2ccccc2)c2ccccc2O1. The van der Waals surface area contributed by atoms with Crippen LogP contribution in [-0.2, 0) is 4.79 Å². The van der Waals surface area contributed by atoms with E-state index in [1.165, 1.54) is 16.7 Å². The van der Waals surface area contributed by atoms with Crippen molar-refractivity contribution in [2.24, 2.45) is 5.73 Å². The number of nitrogens with two attached hydrogens (primary N) is 1. The molecule has 1 aliphatic rings. The fourth-order valence-corrected chi connectivity index (χ4v) is 3.85. The highest BCUT2D eigenvalue weighted by Crippen LogP contribution is 2.36. The molecule has 0 fully saturated rings. The molecule has 1 aliphatic heterocycles. The predicted octanol–water partition coefficient (Wildman–Crippen LogP) is 3.13. The topological polar surface area (TPSA) is 85.5 Å². The predicted molar refractivity (Wildman–Crippen MR) is 107 cm³/mol. The van der Waals surface area contributed by atoms with Crippen LogP contribution in [0.1, 0.15) is 10.4 Å². The summed E-state index contributed by atoms with van der Waals surface area (Å²) in [5.74, 6) is -0.419. The van der Waals surface area contributed by atoms with Gasteiger partial charge in [0.15, 0.2) is 6.10 Å². The Kier molecular flexibility index (Phi) is 4.99. The Morgan fingerprint density at radius 2 is 1.79 bits per heavy atom. The molecule has 0 saturated heterocycles. The van der Waals surface area contributed by atoms with Gasteiger partial charge in [0.1, 0.15) is 10.8 Å². The molecule has 7 heteroatoms. The number of hydrogen-bond acceptors (Lipinski definition) is 5. The first-order valence-corrected chi connectivity index (χ1v) is 9.50. The molecule has 2 heterocycles. The van der Waals surface area contributed by atoms with E-state index in [2.05, 4.69) is 4.98 Å². The molecule has 6 nitrogen and oxygen atoms in total. The lowest BCUT2D eigenvalue weighted by atomic mass is 10.1. The number of benzene rings is 2. The molecule has 140 valence electrons. The molecule has 0 radical (unpaired) electrons. The molecule has 1 aromatic heterocycles. The zero-order chi connectivity index (χ0) is 19.5. The number of fused-ring (bicyclic) bond motifs is 1. The summed E-state index contributed by atoms with van der Waals surface area (Å²) in [7, 11) is 0. The molecule has 0 bridgehead atoms. The molecule has 2 N–H and O–H groups in total. The Morgan fingerprint density at radius 1 is 1.04 bits per heavy atom. The molecule has 2 aromatic carbocycles. The van der Waals surface area contributed by atoms with Crippen LogP contribution in [0.4, 0.5) is 5.69 Å². The third-order valence-corrected chi connectivity index (χ3v) is 5.32. The molecule has 0 unspecified atom stereocenters. The van der Waals surface area contributed by atoms with E-state index in [9.17, 15) is 9.59 Å². The highest BCUT2D eigenvalue weighted by molar-refractivity contribution is 7.99. The zero-order valence-electron chi connectivity index (χ0n) is 14.8. The second-order valence-electron chi connectivity index (χ2n) is 6.16. The number of carbonyl (C=O) groups is 2. The maximum absolute atomic E-state index is 13.4. The van der Waals surface area contributed by atoms with Crippen molar-refractivity contribution in [3.8, 4) is 5.75 Å². The van der Waals surface area contributed by atoms with Gasteiger partial charge in [-0.25, -0.2) is 4.98 Å². The molecule has 3 aromatic rings. The van der Waals surface area contributed by atoms with Gasteiger partial charge in [0.05, 0.1) is 17.8 Å². The second-order valence-corrected chi connectivity index (χ2v) is 7.23. The zero-order valence-corrected chi connectivity index (χ0v) is 15.6. The summed E-state index contributed by atoms with van der Waals surface area (Å²) in [5.41, 5.74) is 6.50. The lowest BCUT2D eigenvalue weighted by Gasteiger charge is -2.33. The van der Waals surface area contributed by atoms with Crippen LogP contribution in [0.15, 0.2) is 82.8 Å². The number of rotatable bonds is 4. The summed E-state index contributed by atoms with van der Waals surface area (Å²) in [4.78, 5) is 32.0. The van der Waals surface area contributed by atoms with Crippen LogP contribution in [0.2, 0.25) is 0 Å². The quantitative estimate of drug-likeness (QED) is 0.739. The van der Waals surface area contributed by atoms with Crippen LogP contribution in [-0.4, -0.2) is 29.4 Å². The molecule has 2 amide bonds. The van der Waals surface area contributed by atoms with Crippen LogP contribution in [0, 0.1) is 0 Å². The Labute approximate surface area is 166 Å². The number of para-hydroxylation sites is 2. The lowest BCUT2D eigenvalue weighted by Crippen LogP contribution is -2.49. The smallest absolute Gasteiger partial charge is 0.261 e. The fourth-order valence-electron chi connectivity index (χ4n) is 2.96. The first kappa shape index (κ1) is 18.1. The van der Waals surface area contributed by atoms with Gasteiger partial charge in [-0.3, -0.25) is 9.59 Å². The van der Waals surface area contributed by atoms with E-state index in [1.54, 1.807) is 36.5 Å². The van der Waals surface area contributed by atoms with Gasteiger partial charge in [0, 0.05) is 11.1 Å². The van der Waals surface area contributed by atoms with Gasteiger partial charge in [-0.1, -0.05) is 42.1 Å². The van der Waals surface area contributed by atoms with Crippen LogP contribution in [0.25, 0.3) is 0 Å². The second kappa shape index (κ2) is 7.74. The Morgan fingerprint density at radius 3 is 2.57 bits per heavy atom. The average Bonchev–Trinajstić information content (AvgIpc) is 2.73. The Hall–Kier alpha value is -3.32.